The molecule has 3 rings (SSSR count). The fourth-order valence-corrected chi connectivity index (χ4v) is 2.20. The van der Waals surface area contributed by atoms with Crippen LogP contribution in [0.4, 0.5) is 5.82 Å². The summed E-state index contributed by atoms with van der Waals surface area (Å²) in [7, 11) is 0. The molecule has 0 atom stereocenters. The Kier molecular flexibility index (Phi) is 2.56. The van der Waals surface area contributed by atoms with E-state index in [9.17, 15) is 0 Å². The van der Waals surface area contributed by atoms with Gasteiger partial charge in [0.25, 0.3) is 0 Å². The summed E-state index contributed by atoms with van der Waals surface area (Å²) in [4.78, 5) is 4.37. The van der Waals surface area contributed by atoms with Crippen molar-refractivity contribution in [3.05, 3.63) is 46.6 Å². The van der Waals surface area contributed by atoms with Gasteiger partial charge in [-0.05, 0) is 41.1 Å². The third-order valence-corrected chi connectivity index (χ3v) is 3.23. The molecule has 2 N–H and O–H groups in total. The molecule has 0 saturated heterocycles. The van der Waals surface area contributed by atoms with Crippen molar-refractivity contribution in [2.45, 2.75) is 6.92 Å². The van der Waals surface area contributed by atoms with E-state index in [0.717, 1.165) is 21.2 Å². The normalized spacial score (nSPS) is 11.0. The SMILES string of the molecule is Cc1ccc(-n2nc(N)c3cc(Br)cnc32)cc1. The van der Waals surface area contributed by atoms with Crippen LogP contribution in [0.25, 0.3) is 16.7 Å². The summed E-state index contributed by atoms with van der Waals surface area (Å²) in [5.74, 6) is 0.486. The van der Waals surface area contributed by atoms with Gasteiger partial charge in [0.1, 0.15) is 0 Å². The van der Waals surface area contributed by atoms with Crippen LogP contribution >= 0.6 is 15.9 Å². The maximum Gasteiger partial charge on any atom is 0.165 e. The third-order valence-electron chi connectivity index (χ3n) is 2.80. The topological polar surface area (TPSA) is 56.7 Å². The van der Waals surface area contributed by atoms with Gasteiger partial charge < -0.3 is 5.73 Å². The first kappa shape index (κ1) is 11.2. The third kappa shape index (κ3) is 1.76. The van der Waals surface area contributed by atoms with Crippen molar-refractivity contribution in [3.8, 4) is 5.69 Å². The van der Waals surface area contributed by atoms with Crippen molar-refractivity contribution in [1.29, 1.82) is 0 Å². The minimum Gasteiger partial charge on any atom is -0.382 e. The fourth-order valence-electron chi connectivity index (χ4n) is 1.86. The molecule has 0 saturated carbocycles. The highest BCUT2D eigenvalue weighted by atomic mass is 79.9. The van der Waals surface area contributed by atoms with Crippen molar-refractivity contribution in [1.82, 2.24) is 14.8 Å². The molecule has 90 valence electrons. The van der Waals surface area contributed by atoms with Crippen molar-refractivity contribution < 1.29 is 0 Å². The lowest BCUT2D eigenvalue weighted by atomic mass is 10.2. The van der Waals surface area contributed by atoms with Gasteiger partial charge in [0.2, 0.25) is 0 Å². The average Bonchev–Trinajstić information content (AvgIpc) is 2.68. The highest BCUT2D eigenvalue weighted by Gasteiger charge is 2.10. The zero-order valence-corrected chi connectivity index (χ0v) is 11.3. The Balaban J connectivity index is 2.26. The van der Waals surface area contributed by atoms with Crippen molar-refractivity contribution >= 4 is 32.8 Å². The number of fused-ring (bicyclic) bond motifs is 1. The van der Waals surface area contributed by atoms with Crippen LogP contribution < -0.4 is 5.73 Å². The lowest BCUT2D eigenvalue weighted by Gasteiger charge is -2.02. The Morgan fingerprint density at radius 1 is 1.22 bits per heavy atom. The minimum atomic E-state index is 0.486. The van der Waals surface area contributed by atoms with Gasteiger partial charge in [-0.15, -0.1) is 5.10 Å². The lowest BCUT2D eigenvalue weighted by molar-refractivity contribution is 0.902. The first-order valence-electron chi connectivity index (χ1n) is 5.52. The van der Waals surface area contributed by atoms with Gasteiger partial charge in [-0.2, -0.15) is 0 Å². The number of nitrogens with two attached hydrogens (primary N) is 1. The monoisotopic (exact) mass is 302 g/mol. The summed E-state index contributed by atoms with van der Waals surface area (Å²) >= 11 is 3.39. The summed E-state index contributed by atoms with van der Waals surface area (Å²) < 4.78 is 2.65. The maximum atomic E-state index is 5.92. The number of anilines is 1. The Hall–Kier alpha value is -1.88. The molecule has 0 amide bonds. The Bertz CT molecular complexity index is 716. The van der Waals surface area contributed by atoms with E-state index in [1.807, 2.05) is 30.3 Å². The van der Waals surface area contributed by atoms with Gasteiger partial charge in [0.15, 0.2) is 11.5 Å². The molecule has 5 heteroatoms. The molecular weight excluding hydrogens is 292 g/mol. The van der Waals surface area contributed by atoms with Gasteiger partial charge in [-0.3, -0.25) is 0 Å². The van der Waals surface area contributed by atoms with Crippen LogP contribution in [0.3, 0.4) is 0 Å². The minimum absolute atomic E-state index is 0.486. The number of rotatable bonds is 1. The van der Waals surface area contributed by atoms with Gasteiger partial charge in [0.05, 0.1) is 11.1 Å². The number of hydrogen-bond acceptors (Lipinski definition) is 3. The smallest absolute Gasteiger partial charge is 0.165 e. The number of hydrogen-bond donors (Lipinski definition) is 1. The molecule has 18 heavy (non-hydrogen) atoms. The summed E-state index contributed by atoms with van der Waals surface area (Å²) in [6.07, 6.45) is 1.74. The number of aryl methyl sites for hydroxylation is 1. The number of aromatic nitrogens is 3. The lowest BCUT2D eigenvalue weighted by Crippen LogP contribution is -1.98. The number of halogens is 1. The predicted octanol–water partition coefficient (Wildman–Crippen LogP) is 3.07. The summed E-state index contributed by atoms with van der Waals surface area (Å²) in [5, 5.41) is 5.19. The molecule has 0 unspecified atom stereocenters. The van der Waals surface area contributed by atoms with Crippen LogP contribution in [0.1, 0.15) is 5.56 Å². The molecule has 4 nitrogen and oxygen atoms in total. The first-order valence-corrected chi connectivity index (χ1v) is 6.31. The fraction of sp³-hybridized carbons (Fsp3) is 0.0769. The number of benzene rings is 1. The summed E-state index contributed by atoms with van der Waals surface area (Å²) in [6.45, 7) is 2.05. The second-order valence-corrected chi connectivity index (χ2v) is 5.07. The second-order valence-electron chi connectivity index (χ2n) is 4.16. The van der Waals surface area contributed by atoms with Crippen LogP contribution in [-0.4, -0.2) is 14.8 Å². The molecule has 2 aromatic heterocycles. The summed E-state index contributed by atoms with van der Waals surface area (Å²) in [5.41, 5.74) is 8.85. The second kappa shape index (κ2) is 4.10. The van der Waals surface area contributed by atoms with E-state index < -0.39 is 0 Å². The van der Waals surface area contributed by atoms with Gasteiger partial charge in [-0.25, -0.2) is 9.67 Å². The molecule has 0 aliphatic heterocycles. The number of nitrogens with zero attached hydrogens (tertiary/aromatic N) is 3. The molecule has 0 spiro atoms. The Labute approximate surface area is 113 Å². The molecule has 3 aromatic rings. The van der Waals surface area contributed by atoms with E-state index in [0.29, 0.717) is 5.82 Å². The predicted molar refractivity (Wildman–Crippen MR) is 75.7 cm³/mol. The maximum absolute atomic E-state index is 5.92. The zero-order valence-electron chi connectivity index (χ0n) is 9.76. The Morgan fingerprint density at radius 2 is 1.94 bits per heavy atom. The highest BCUT2D eigenvalue weighted by molar-refractivity contribution is 9.10. The van der Waals surface area contributed by atoms with Gasteiger partial charge >= 0.3 is 0 Å². The molecule has 2 heterocycles. The van der Waals surface area contributed by atoms with Crippen LogP contribution in [0, 0.1) is 6.92 Å². The van der Waals surface area contributed by atoms with Crippen molar-refractivity contribution in [2.24, 2.45) is 0 Å². The van der Waals surface area contributed by atoms with Crippen LogP contribution in [0.15, 0.2) is 41.0 Å². The van der Waals surface area contributed by atoms with E-state index >= 15 is 0 Å². The average molecular weight is 303 g/mol. The molecular formula is C13H11BrN4. The molecule has 0 aliphatic carbocycles. The standard InChI is InChI=1S/C13H11BrN4/c1-8-2-4-10(5-3-8)18-13-11(12(15)17-18)6-9(14)7-16-13/h2-7H,1H3,(H2,15,17). The van der Waals surface area contributed by atoms with E-state index in [1.165, 1.54) is 5.56 Å². The summed E-state index contributed by atoms with van der Waals surface area (Å²) in [6, 6.07) is 10.0. The van der Waals surface area contributed by atoms with E-state index in [1.54, 1.807) is 10.9 Å². The van der Waals surface area contributed by atoms with Crippen molar-refractivity contribution in [3.63, 3.8) is 0 Å². The van der Waals surface area contributed by atoms with Crippen LogP contribution in [0.2, 0.25) is 0 Å². The van der Waals surface area contributed by atoms with Crippen LogP contribution in [0.5, 0.6) is 0 Å². The first-order chi connectivity index (χ1) is 8.65. The largest absolute Gasteiger partial charge is 0.382 e. The van der Waals surface area contributed by atoms with Crippen molar-refractivity contribution in [2.75, 3.05) is 5.73 Å². The number of pyridine rings is 1. The van der Waals surface area contributed by atoms with Crippen LogP contribution in [-0.2, 0) is 0 Å². The molecule has 0 fully saturated rings. The van der Waals surface area contributed by atoms with Gasteiger partial charge in [0, 0.05) is 10.7 Å². The highest BCUT2D eigenvalue weighted by Crippen LogP contribution is 2.24. The zero-order chi connectivity index (χ0) is 12.7. The quantitative estimate of drug-likeness (QED) is 0.751. The molecule has 0 radical (unpaired) electrons. The molecule has 1 aromatic carbocycles. The number of nitrogen functional groups attached to an aromatic ring is 1. The molecule has 0 aliphatic rings. The van der Waals surface area contributed by atoms with Gasteiger partial charge in [-0.1, -0.05) is 17.7 Å². The van der Waals surface area contributed by atoms with E-state index in [4.69, 9.17) is 5.73 Å². The van der Waals surface area contributed by atoms with E-state index in [-0.39, 0.29) is 0 Å². The molecule has 0 bridgehead atoms. The van der Waals surface area contributed by atoms with E-state index in [2.05, 4.69) is 32.9 Å². The Morgan fingerprint density at radius 3 is 2.67 bits per heavy atom.